The molecule has 0 bridgehead atoms. The Morgan fingerprint density at radius 3 is 2.16 bits per heavy atom. The van der Waals surface area contributed by atoms with Gasteiger partial charge in [0.15, 0.2) is 5.82 Å². The third kappa shape index (κ3) is 5.40. The van der Waals surface area contributed by atoms with E-state index in [2.05, 4.69) is 5.10 Å². The van der Waals surface area contributed by atoms with Gasteiger partial charge < -0.3 is 9.47 Å². The number of benzene rings is 2. The fourth-order valence-electron chi connectivity index (χ4n) is 3.19. The molecule has 0 aliphatic carbocycles. The number of esters is 2. The van der Waals surface area contributed by atoms with Crippen molar-refractivity contribution in [2.24, 2.45) is 0 Å². The van der Waals surface area contributed by atoms with Crippen LogP contribution in [-0.4, -0.2) is 40.8 Å². The van der Waals surface area contributed by atoms with E-state index in [0.29, 0.717) is 5.69 Å². The molecular formula is C24H25N3O5. The summed E-state index contributed by atoms with van der Waals surface area (Å²) in [6, 6.07) is 18.4. The standard InChI is InChI=1S/C24H25N3O5/c1-3-31-22(29)15-21(28)26(17-18-11-7-5-8-12-18)23-20(24(30)32-4-2)16-25-27(23)19-13-9-6-10-14-19/h5-14,16H,3-4,15,17H2,1-2H3. The Morgan fingerprint density at radius 2 is 1.53 bits per heavy atom. The second-order valence-corrected chi connectivity index (χ2v) is 6.80. The summed E-state index contributed by atoms with van der Waals surface area (Å²) in [6.07, 6.45) is 0.902. The molecule has 8 heteroatoms. The summed E-state index contributed by atoms with van der Waals surface area (Å²) in [4.78, 5) is 39.4. The second-order valence-electron chi connectivity index (χ2n) is 6.80. The maximum atomic E-state index is 13.3. The lowest BCUT2D eigenvalue weighted by Gasteiger charge is -2.24. The summed E-state index contributed by atoms with van der Waals surface area (Å²) in [5.41, 5.74) is 1.60. The smallest absolute Gasteiger partial charge is 0.343 e. The molecule has 32 heavy (non-hydrogen) atoms. The van der Waals surface area contributed by atoms with Crippen LogP contribution in [0.15, 0.2) is 66.9 Å². The minimum atomic E-state index is -0.640. The van der Waals surface area contributed by atoms with Crippen molar-refractivity contribution in [2.45, 2.75) is 26.8 Å². The molecule has 1 heterocycles. The summed E-state index contributed by atoms with van der Waals surface area (Å²) in [5.74, 6) is -1.53. The van der Waals surface area contributed by atoms with Gasteiger partial charge in [0.1, 0.15) is 12.0 Å². The van der Waals surface area contributed by atoms with E-state index < -0.39 is 24.3 Å². The van der Waals surface area contributed by atoms with Gasteiger partial charge in [0.25, 0.3) is 0 Å². The van der Waals surface area contributed by atoms with Crippen molar-refractivity contribution in [3.63, 3.8) is 0 Å². The minimum Gasteiger partial charge on any atom is -0.466 e. The van der Waals surface area contributed by atoms with Crippen LogP contribution in [0.3, 0.4) is 0 Å². The van der Waals surface area contributed by atoms with Gasteiger partial charge in [0, 0.05) is 0 Å². The van der Waals surface area contributed by atoms with E-state index in [4.69, 9.17) is 9.47 Å². The van der Waals surface area contributed by atoms with Crippen molar-refractivity contribution in [1.82, 2.24) is 9.78 Å². The molecule has 1 aromatic heterocycles. The van der Waals surface area contributed by atoms with Crippen LogP contribution in [0.2, 0.25) is 0 Å². The van der Waals surface area contributed by atoms with E-state index in [0.717, 1.165) is 5.56 Å². The Labute approximate surface area is 186 Å². The molecule has 0 spiro atoms. The zero-order valence-electron chi connectivity index (χ0n) is 18.1. The molecule has 0 saturated carbocycles. The van der Waals surface area contributed by atoms with Crippen molar-refractivity contribution in [2.75, 3.05) is 18.1 Å². The van der Waals surface area contributed by atoms with Gasteiger partial charge in [0.05, 0.1) is 31.6 Å². The number of hydrogen-bond donors (Lipinski definition) is 0. The highest BCUT2D eigenvalue weighted by Gasteiger charge is 2.30. The number of carbonyl (C=O) groups is 3. The van der Waals surface area contributed by atoms with Crippen molar-refractivity contribution in [1.29, 1.82) is 0 Å². The van der Waals surface area contributed by atoms with Gasteiger partial charge in [-0.15, -0.1) is 0 Å². The molecule has 3 aromatic rings. The van der Waals surface area contributed by atoms with Gasteiger partial charge in [-0.1, -0.05) is 48.5 Å². The average Bonchev–Trinajstić information content (AvgIpc) is 3.24. The fraction of sp³-hybridized carbons (Fsp3) is 0.250. The number of rotatable bonds is 9. The first kappa shape index (κ1) is 22.7. The van der Waals surface area contributed by atoms with E-state index in [1.165, 1.54) is 15.8 Å². The number of aromatic nitrogens is 2. The Balaban J connectivity index is 2.12. The molecule has 0 unspecified atom stereocenters. The molecule has 8 nitrogen and oxygen atoms in total. The lowest BCUT2D eigenvalue weighted by molar-refractivity contribution is -0.145. The van der Waals surface area contributed by atoms with Gasteiger partial charge in [-0.3, -0.25) is 14.5 Å². The second kappa shape index (κ2) is 10.9. The van der Waals surface area contributed by atoms with Crippen molar-refractivity contribution < 1.29 is 23.9 Å². The number of amides is 1. The van der Waals surface area contributed by atoms with E-state index in [-0.39, 0.29) is 31.1 Å². The minimum absolute atomic E-state index is 0.129. The lowest BCUT2D eigenvalue weighted by Crippen LogP contribution is -2.35. The highest BCUT2D eigenvalue weighted by molar-refractivity contribution is 6.06. The van der Waals surface area contributed by atoms with Crippen molar-refractivity contribution in [3.05, 3.63) is 78.0 Å². The molecule has 0 radical (unpaired) electrons. The molecular weight excluding hydrogens is 410 g/mol. The van der Waals surface area contributed by atoms with E-state index in [1.807, 2.05) is 60.7 Å². The van der Waals surface area contributed by atoms with Crippen molar-refractivity contribution >= 4 is 23.7 Å². The average molecular weight is 435 g/mol. The highest BCUT2D eigenvalue weighted by atomic mass is 16.5. The molecule has 0 aliphatic heterocycles. The van der Waals surface area contributed by atoms with E-state index in [9.17, 15) is 14.4 Å². The Bertz CT molecular complexity index is 1060. The number of nitrogens with zero attached hydrogens (tertiary/aromatic N) is 3. The normalized spacial score (nSPS) is 10.4. The zero-order chi connectivity index (χ0) is 22.9. The third-order valence-electron chi connectivity index (χ3n) is 4.58. The molecule has 0 fully saturated rings. The molecule has 0 atom stereocenters. The molecule has 1 amide bonds. The monoisotopic (exact) mass is 435 g/mol. The van der Waals surface area contributed by atoms with Gasteiger partial charge >= 0.3 is 11.9 Å². The lowest BCUT2D eigenvalue weighted by atomic mass is 10.2. The highest BCUT2D eigenvalue weighted by Crippen LogP contribution is 2.28. The molecule has 0 saturated heterocycles. The quantitative estimate of drug-likeness (QED) is 0.377. The summed E-state index contributed by atoms with van der Waals surface area (Å²) < 4.78 is 11.7. The van der Waals surface area contributed by atoms with Crippen LogP contribution in [0.5, 0.6) is 0 Å². The van der Waals surface area contributed by atoms with Gasteiger partial charge in [0.2, 0.25) is 5.91 Å². The zero-order valence-corrected chi connectivity index (χ0v) is 18.1. The Hall–Kier alpha value is -3.94. The molecule has 0 aliphatic rings. The summed E-state index contributed by atoms with van der Waals surface area (Å²) in [7, 11) is 0. The van der Waals surface area contributed by atoms with Crippen LogP contribution in [0, 0.1) is 0 Å². The number of ether oxygens (including phenoxy) is 2. The number of carbonyl (C=O) groups excluding carboxylic acids is 3. The van der Waals surface area contributed by atoms with Crippen molar-refractivity contribution in [3.8, 4) is 5.69 Å². The number of para-hydroxylation sites is 1. The van der Waals surface area contributed by atoms with Crippen LogP contribution in [0.1, 0.15) is 36.2 Å². The predicted octanol–water partition coefficient (Wildman–Crippen LogP) is 3.54. The fourth-order valence-corrected chi connectivity index (χ4v) is 3.19. The summed E-state index contributed by atoms with van der Waals surface area (Å²) in [5, 5.41) is 4.36. The molecule has 166 valence electrons. The topological polar surface area (TPSA) is 90.7 Å². The van der Waals surface area contributed by atoms with Gasteiger partial charge in [-0.2, -0.15) is 5.10 Å². The third-order valence-corrected chi connectivity index (χ3v) is 4.58. The Kier molecular flexibility index (Phi) is 7.75. The molecule has 2 aromatic carbocycles. The van der Waals surface area contributed by atoms with E-state index in [1.54, 1.807) is 13.8 Å². The number of hydrogen-bond acceptors (Lipinski definition) is 6. The molecule has 3 rings (SSSR count). The maximum absolute atomic E-state index is 13.3. The first-order valence-corrected chi connectivity index (χ1v) is 10.4. The largest absolute Gasteiger partial charge is 0.466 e. The van der Waals surface area contributed by atoms with Gasteiger partial charge in [-0.25, -0.2) is 9.48 Å². The van der Waals surface area contributed by atoms with E-state index >= 15 is 0 Å². The summed E-state index contributed by atoms with van der Waals surface area (Å²) in [6.45, 7) is 3.84. The SMILES string of the molecule is CCOC(=O)CC(=O)N(Cc1ccccc1)c1c(C(=O)OCC)cnn1-c1ccccc1. The maximum Gasteiger partial charge on any atom is 0.343 e. The predicted molar refractivity (Wildman–Crippen MR) is 118 cm³/mol. The first-order chi connectivity index (χ1) is 15.5. The van der Waals surface area contributed by atoms with Crippen LogP contribution >= 0.6 is 0 Å². The molecule has 0 N–H and O–H groups in total. The Morgan fingerprint density at radius 1 is 0.906 bits per heavy atom. The first-order valence-electron chi connectivity index (χ1n) is 10.4. The van der Waals surface area contributed by atoms with Crippen LogP contribution in [-0.2, 0) is 25.6 Å². The van der Waals surface area contributed by atoms with Crippen LogP contribution < -0.4 is 4.90 Å². The summed E-state index contributed by atoms with van der Waals surface area (Å²) >= 11 is 0. The van der Waals surface area contributed by atoms with Gasteiger partial charge in [-0.05, 0) is 31.5 Å². The van der Waals surface area contributed by atoms with Crippen LogP contribution in [0.4, 0.5) is 5.82 Å². The number of anilines is 1. The van der Waals surface area contributed by atoms with Crippen LogP contribution in [0.25, 0.3) is 5.69 Å².